The lowest BCUT2D eigenvalue weighted by Crippen LogP contribution is -1.96. The highest BCUT2D eigenvalue weighted by Gasteiger charge is 2.17. The molecular formula is C14H22O2. The SMILES string of the molecule is CC(C)c1ccc(C2CCCO2)cc1.CO. The molecule has 1 heterocycles. The molecule has 0 saturated carbocycles. The molecule has 0 aliphatic carbocycles. The fraction of sp³-hybridized carbons (Fsp3) is 0.571. The first-order chi connectivity index (χ1) is 7.77. The molecule has 1 N–H and O–H groups in total. The lowest BCUT2D eigenvalue weighted by molar-refractivity contribution is 0.112. The topological polar surface area (TPSA) is 29.5 Å². The summed E-state index contributed by atoms with van der Waals surface area (Å²) in [5.41, 5.74) is 2.75. The van der Waals surface area contributed by atoms with Crippen molar-refractivity contribution < 1.29 is 9.84 Å². The Labute approximate surface area is 98.3 Å². The third-order valence-electron chi connectivity index (χ3n) is 2.90. The number of aliphatic hydroxyl groups is 1. The molecule has 1 saturated heterocycles. The molecule has 90 valence electrons. The minimum absolute atomic E-state index is 0.358. The van der Waals surface area contributed by atoms with Crippen LogP contribution in [0.4, 0.5) is 0 Å². The molecule has 1 aliphatic heterocycles. The van der Waals surface area contributed by atoms with Crippen LogP contribution in [0.15, 0.2) is 24.3 Å². The molecule has 1 unspecified atom stereocenters. The first-order valence-corrected chi connectivity index (χ1v) is 5.93. The summed E-state index contributed by atoms with van der Waals surface area (Å²) < 4.78 is 5.64. The number of aliphatic hydroxyl groups excluding tert-OH is 1. The minimum Gasteiger partial charge on any atom is -0.400 e. The smallest absolute Gasteiger partial charge is 0.0825 e. The average Bonchev–Trinajstić information content (AvgIpc) is 2.85. The number of hydrogen-bond acceptors (Lipinski definition) is 2. The van der Waals surface area contributed by atoms with Crippen LogP contribution in [0.25, 0.3) is 0 Å². The Hall–Kier alpha value is -0.860. The summed E-state index contributed by atoms with van der Waals surface area (Å²) >= 11 is 0. The quantitative estimate of drug-likeness (QED) is 0.832. The van der Waals surface area contributed by atoms with E-state index in [1.807, 2.05) is 0 Å². The third-order valence-corrected chi connectivity index (χ3v) is 2.90. The van der Waals surface area contributed by atoms with E-state index < -0.39 is 0 Å². The van der Waals surface area contributed by atoms with Crippen LogP contribution in [0.5, 0.6) is 0 Å². The Bertz CT molecular complexity index is 284. The van der Waals surface area contributed by atoms with Crippen molar-refractivity contribution in [1.82, 2.24) is 0 Å². The van der Waals surface area contributed by atoms with Gasteiger partial charge in [-0.2, -0.15) is 0 Å². The fourth-order valence-electron chi connectivity index (χ4n) is 1.94. The minimum atomic E-state index is 0.358. The number of hydrogen-bond donors (Lipinski definition) is 1. The van der Waals surface area contributed by atoms with Crippen LogP contribution in [0.3, 0.4) is 0 Å². The molecular weight excluding hydrogens is 200 g/mol. The second kappa shape index (κ2) is 6.66. The van der Waals surface area contributed by atoms with E-state index in [4.69, 9.17) is 9.84 Å². The van der Waals surface area contributed by atoms with E-state index in [1.165, 1.54) is 24.0 Å². The van der Waals surface area contributed by atoms with E-state index in [2.05, 4.69) is 38.1 Å². The van der Waals surface area contributed by atoms with Crippen LogP contribution < -0.4 is 0 Å². The van der Waals surface area contributed by atoms with Crippen LogP contribution in [0.2, 0.25) is 0 Å². The van der Waals surface area contributed by atoms with E-state index in [9.17, 15) is 0 Å². The Morgan fingerprint density at radius 2 is 1.81 bits per heavy atom. The molecule has 16 heavy (non-hydrogen) atoms. The van der Waals surface area contributed by atoms with Crippen LogP contribution in [0.1, 0.15) is 49.8 Å². The van der Waals surface area contributed by atoms with Crippen LogP contribution in [-0.2, 0) is 4.74 Å². The maximum atomic E-state index is 7.00. The first kappa shape index (κ1) is 13.2. The zero-order valence-electron chi connectivity index (χ0n) is 10.4. The summed E-state index contributed by atoms with van der Waals surface area (Å²) in [5.74, 6) is 0.619. The van der Waals surface area contributed by atoms with Gasteiger partial charge in [0.15, 0.2) is 0 Å². The predicted octanol–water partition coefficient (Wildman–Crippen LogP) is 3.27. The van der Waals surface area contributed by atoms with Crippen molar-refractivity contribution >= 4 is 0 Å². The lowest BCUT2D eigenvalue weighted by Gasteiger charge is -2.11. The molecule has 1 fully saturated rings. The lowest BCUT2D eigenvalue weighted by atomic mass is 9.99. The monoisotopic (exact) mass is 222 g/mol. The van der Waals surface area contributed by atoms with Crippen LogP contribution >= 0.6 is 0 Å². The summed E-state index contributed by atoms with van der Waals surface area (Å²) in [6.45, 7) is 5.37. The van der Waals surface area contributed by atoms with Crippen molar-refractivity contribution in [1.29, 1.82) is 0 Å². The highest BCUT2D eigenvalue weighted by atomic mass is 16.5. The molecule has 1 aromatic carbocycles. The highest BCUT2D eigenvalue weighted by molar-refractivity contribution is 5.26. The second-order valence-electron chi connectivity index (χ2n) is 4.32. The Balaban J connectivity index is 0.000000606. The van der Waals surface area contributed by atoms with Crippen molar-refractivity contribution in [3.8, 4) is 0 Å². The van der Waals surface area contributed by atoms with E-state index in [0.717, 1.165) is 13.7 Å². The van der Waals surface area contributed by atoms with Gasteiger partial charge in [-0.3, -0.25) is 0 Å². The van der Waals surface area contributed by atoms with E-state index in [0.29, 0.717) is 12.0 Å². The summed E-state index contributed by atoms with van der Waals surface area (Å²) in [4.78, 5) is 0. The standard InChI is InChI=1S/C13H18O.CH4O/c1-10(2)11-5-7-12(8-6-11)13-4-3-9-14-13;1-2/h5-8,10,13H,3-4,9H2,1-2H3;2H,1H3. The van der Waals surface area contributed by atoms with Gasteiger partial charge in [0, 0.05) is 13.7 Å². The average molecular weight is 222 g/mol. The van der Waals surface area contributed by atoms with Crippen molar-refractivity contribution in [3.05, 3.63) is 35.4 Å². The number of rotatable bonds is 2. The molecule has 1 atom stereocenters. The molecule has 1 aliphatic rings. The molecule has 0 aromatic heterocycles. The van der Waals surface area contributed by atoms with E-state index >= 15 is 0 Å². The van der Waals surface area contributed by atoms with Crippen molar-refractivity contribution in [2.45, 2.75) is 38.7 Å². The summed E-state index contributed by atoms with van der Waals surface area (Å²) in [7, 11) is 1.00. The Morgan fingerprint density at radius 3 is 2.25 bits per heavy atom. The highest BCUT2D eigenvalue weighted by Crippen LogP contribution is 2.29. The molecule has 2 rings (SSSR count). The van der Waals surface area contributed by atoms with Gasteiger partial charge in [-0.25, -0.2) is 0 Å². The summed E-state index contributed by atoms with van der Waals surface area (Å²) in [6, 6.07) is 8.88. The van der Waals surface area contributed by atoms with Crippen LogP contribution in [0, 0.1) is 0 Å². The van der Waals surface area contributed by atoms with Gasteiger partial charge in [-0.1, -0.05) is 38.1 Å². The van der Waals surface area contributed by atoms with Crippen LogP contribution in [-0.4, -0.2) is 18.8 Å². The third kappa shape index (κ3) is 3.32. The van der Waals surface area contributed by atoms with Crippen molar-refractivity contribution in [3.63, 3.8) is 0 Å². The molecule has 0 spiro atoms. The second-order valence-corrected chi connectivity index (χ2v) is 4.32. The van der Waals surface area contributed by atoms with Gasteiger partial charge in [0.25, 0.3) is 0 Å². The molecule has 0 radical (unpaired) electrons. The van der Waals surface area contributed by atoms with E-state index in [-0.39, 0.29) is 0 Å². The maximum absolute atomic E-state index is 7.00. The van der Waals surface area contributed by atoms with Crippen molar-refractivity contribution in [2.75, 3.05) is 13.7 Å². The zero-order valence-corrected chi connectivity index (χ0v) is 10.4. The van der Waals surface area contributed by atoms with Gasteiger partial charge in [-0.05, 0) is 29.9 Å². The van der Waals surface area contributed by atoms with Gasteiger partial charge in [0.05, 0.1) is 6.10 Å². The van der Waals surface area contributed by atoms with Gasteiger partial charge in [-0.15, -0.1) is 0 Å². The number of ether oxygens (including phenoxy) is 1. The summed E-state index contributed by atoms with van der Waals surface area (Å²) in [5, 5.41) is 7.00. The van der Waals surface area contributed by atoms with Gasteiger partial charge >= 0.3 is 0 Å². The summed E-state index contributed by atoms with van der Waals surface area (Å²) in [6.07, 6.45) is 2.74. The molecule has 2 heteroatoms. The Morgan fingerprint density at radius 1 is 1.19 bits per heavy atom. The Kier molecular flexibility index (Phi) is 5.50. The number of benzene rings is 1. The molecule has 0 bridgehead atoms. The largest absolute Gasteiger partial charge is 0.400 e. The first-order valence-electron chi connectivity index (χ1n) is 5.93. The maximum Gasteiger partial charge on any atom is 0.0825 e. The fourth-order valence-corrected chi connectivity index (χ4v) is 1.94. The van der Waals surface area contributed by atoms with E-state index in [1.54, 1.807) is 0 Å². The molecule has 2 nitrogen and oxygen atoms in total. The predicted molar refractivity (Wildman–Crippen MR) is 66.6 cm³/mol. The normalized spacial score (nSPS) is 19.4. The van der Waals surface area contributed by atoms with Crippen molar-refractivity contribution in [2.24, 2.45) is 0 Å². The van der Waals surface area contributed by atoms with Gasteiger partial charge in [0.1, 0.15) is 0 Å². The molecule has 1 aromatic rings. The van der Waals surface area contributed by atoms with Gasteiger partial charge in [0.2, 0.25) is 0 Å². The molecule has 0 amide bonds. The zero-order chi connectivity index (χ0) is 12.0. The van der Waals surface area contributed by atoms with Gasteiger partial charge < -0.3 is 9.84 Å².